The molecule has 1 aliphatic rings. The van der Waals surface area contributed by atoms with Gasteiger partial charge in [-0.05, 0) is 42.7 Å². The van der Waals surface area contributed by atoms with E-state index in [1.165, 1.54) is 0 Å². The monoisotopic (exact) mass is 342 g/mol. The molecule has 0 aromatic heterocycles. The Labute approximate surface area is 146 Å². The third-order valence-electron chi connectivity index (χ3n) is 3.97. The van der Waals surface area contributed by atoms with Gasteiger partial charge >= 0.3 is 0 Å². The summed E-state index contributed by atoms with van der Waals surface area (Å²) in [5.74, 6) is -0.124. The second-order valence-electron chi connectivity index (χ2n) is 5.99. The summed E-state index contributed by atoms with van der Waals surface area (Å²) < 4.78 is 0. The Morgan fingerprint density at radius 3 is 2.42 bits per heavy atom. The number of halogens is 1. The Kier molecular flexibility index (Phi) is 4.86. The van der Waals surface area contributed by atoms with Crippen molar-refractivity contribution < 1.29 is 9.59 Å². The van der Waals surface area contributed by atoms with Gasteiger partial charge in [-0.2, -0.15) is 0 Å². The van der Waals surface area contributed by atoms with Crippen LogP contribution in [0.5, 0.6) is 0 Å². The lowest BCUT2D eigenvalue weighted by Gasteiger charge is -2.23. The molecular weight excluding hydrogens is 324 g/mol. The molecule has 0 spiro atoms. The second-order valence-corrected chi connectivity index (χ2v) is 6.43. The molecule has 1 aliphatic carbocycles. The van der Waals surface area contributed by atoms with Crippen molar-refractivity contribution in [3.05, 3.63) is 59.1 Å². The molecule has 0 saturated heterocycles. The maximum Gasteiger partial charge on any atom is 0.228 e. The minimum Gasteiger partial charge on any atom is -0.324 e. The third kappa shape index (κ3) is 3.95. The van der Waals surface area contributed by atoms with E-state index in [4.69, 9.17) is 11.6 Å². The number of nitrogens with one attached hydrogen (secondary N) is 1. The highest BCUT2D eigenvalue weighted by Crippen LogP contribution is 2.36. The van der Waals surface area contributed by atoms with E-state index >= 15 is 0 Å². The number of hydrogen-bond acceptors (Lipinski definition) is 2. The summed E-state index contributed by atoms with van der Waals surface area (Å²) in [5, 5.41) is 3.57. The van der Waals surface area contributed by atoms with Crippen LogP contribution in [0.2, 0.25) is 5.02 Å². The summed E-state index contributed by atoms with van der Waals surface area (Å²) in [6.45, 7) is 1.56. The first-order chi connectivity index (χ1) is 11.5. The third-order valence-corrected chi connectivity index (χ3v) is 4.22. The van der Waals surface area contributed by atoms with Gasteiger partial charge in [-0.15, -0.1) is 0 Å². The Morgan fingerprint density at radius 1 is 1.12 bits per heavy atom. The van der Waals surface area contributed by atoms with Crippen LogP contribution in [0.25, 0.3) is 0 Å². The molecule has 5 heteroatoms. The van der Waals surface area contributed by atoms with Gasteiger partial charge in [0.2, 0.25) is 11.8 Å². The molecule has 124 valence electrons. The molecule has 2 aromatic rings. The lowest BCUT2D eigenvalue weighted by atomic mass is 10.1. The largest absolute Gasteiger partial charge is 0.324 e. The molecular formula is C19H19ClN2O2. The van der Waals surface area contributed by atoms with Crippen LogP contribution in [0.4, 0.5) is 11.4 Å². The van der Waals surface area contributed by atoms with Gasteiger partial charge in [-0.1, -0.05) is 35.9 Å². The second kappa shape index (κ2) is 7.05. The zero-order chi connectivity index (χ0) is 17.1. The van der Waals surface area contributed by atoms with Crippen LogP contribution in [0.3, 0.4) is 0 Å². The number of nitrogens with zero attached hydrogens (tertiary/aromatic N) is 1. The Bertz CT molecular complexity index is 754. The summed E-state index contributed by atoms with van der Waals surface area (Å²) in [5.41, 5.74) is 2.32. The summed E-state index contributed by atoms with van der Waals surface area (Å²) >= 11 is 5.86. The van der Waals surface area contributed by atoms with Gasteiger partial charge in [0.1, 0.15) is 0 Å². The van der Waals surface area contributed by atoms with Crippen LogP contribution in [0.15, 0.2) is 48.5 Å². The van der Waals surface area contributed by atoms with E-state index in [1.807, 2.05) is 36.4 Å². The minimum atomic E-state index is -0.121. The van der Waals surface area contributed by atoms with Gasteiger partial charge in [-0.3, -0.25) is 9.59 Å². The fourth-order valence-electron chi connectivity index (χ4n) is 2.73. The maximum atomic E-state index is 12.3. The highest BCUT2D eigenvalue weighted by atomic mass is 35.5. The van der Waals surface area contributed by atoms with Crippen LogP contribution in [-0.4, -0.2) is 17.9 Å². The molecule has 1 saturated carbocycles. The summed E-state index contributed by atoms with van der Waals surface area (Å²) in [6, 6.07) is 14.9. The van der Waals surface area contributed by atoms with Crippen LogP contribution >= 0.6 is 11.6 Å². The molecule has 1 N–H and O–H groups in total. The lowest BCUT2D eigenvalue weighted by molar-refractivity contribution is -0.117. The van der Waals surface area contributed by atoms with Gasteiger partial charge in [0, 0.05) is 18.0 Å². The zero-order valence-electron chi connectivity index (χ0n) is 13.5. The van der Waals surface area contributed by atoms with E-state index in [0.29, 0.717) is 10.7 Å². The van der Waals surface area contributed by atoms with Crippen molar-refractivity contribution in [3.8, 4) is 0 Å². The molecule has 0 atom stereocenters. The van der Waals surface area contributed by atoms with Gasteiger partial charge < -0.3 is 10.2 Å². The van der Waals surface area contributed by atoms with Crippen LogP contribution < -0.4 is 10.2 Å². The number of hydrogen-bond donors (Lipinski definition) is 1. The molecule has 0 heterocycles. The number of carbonyl (C=O) groups is 2. The van der Waals surface area contributed by atoms with Crippen molar-refractivity contribution in [3.63, 3.8) is 0 Å². The number of para-hydroxylation sites is 2. The van der Waals surface area contributed by atoms with Gasteiger partial charge in [0.15, 0.2) is 0 Å². The van der Waals surface area contributed by atoms with Crippen LogP contribution in [0, 0.1) is 0 Å². The summed E-state index contributed by atoms with van der Waals surface area (Å²) in [7, 11) is 0. The smallest absolute Gasteiger partial charge is 0.228 e. The average Bonchev–Trinajstić information content (AvgIpc) is 3.36. The standard InChI is InChI=1S/C19H19ClN2O2/c1-13(23)22(16-10-11-16)18-5-3-2-4-17(18)21-19(24)12-14-6-8-15(20)9-7-14/h2-9,16H,10-12H2,1H3,(H,21,24). The lowest BCUT2D eigenvalue weighted by Crippen LogP contribution is -2.31. The minimum absolute atomic E-state index is 0.00287. The first-order valence-corrected chi connectivity index (χ1v) is 8.35. The van der Waals surface area contributed by atoms with E-state index in [2.05, 4.69) is 5.32 Å². The fourth-order valence-corrected chi connectivity index (χ4v) is 2.85. The van der Waals surface area contributed by atoms with Crippen molar-refractivity contribution in [2.75, 3.05) is 10.2 Å². The van der Waals surface area contributed by atoms with Crippen LogP contribution in [0.1, 0.15) is 25.3 Å². The Hall–Kier alpha value is -2.33. The summed E-state index contributed by atoms with van der Waals surface area (Å²) in [4.78, 5) is 26.1. The van der Waals surface area contributed by atoms with E-state index in [-0.39, 0.29) is 24.3 Å². The highest BCUT2D eigenvalue weighted by Gasteiger charge is 2.33. The van der Waals surface area contributed by atoms with Crippen molar-refractivity contribution in [2.45, 2.75) is 32.2 Å². The summed E-state index contributed by atoms with van der Waals surface area (Å²) in [6.07, 6.45) is 2.27. The molecule has 4 nitrogen and oxygen atoms in total. The van der Waals surface area contributed by atoms with Gasteiger partial charge in [-0.25, -0.2) is 0 Å². The number of carbonyl (C=O) groups excluding carboxylic acids is 2. The first-order valence-electron chi connectivity index (χ1n) is 7.97. The van der Waals surface area contributed by atoms with E-state index in [9.17, 15) is 9.59 Å². The van der Waals surface area contributed by atoms with Gasteiger partial charge in [0.05, 0.1) is 17.8 Å². The molecule has 0 radical (unpaired) electrons. The fraction of sp³-hybridized carbons (Fsp3) is 0.263. The molecule has 2 aromatic carbocycles. The van der Waals surface area contributed by atoms with E-state index in [0.717, 1.165) is 24.1 Å². The van der Waals surface area contributed by atoms with Crippen molar-refractivity contribution in [1.82, 2.24) is 0 Å². The molecule has 1 fully saturated rings. The molecule has 24 heavy (non-hydrogen) atoms. The normalized spacial score (nSPS) is 13.4. The maximum absolute atomic E-state index is 12.3. The predicted molar refractivity (Wildman–Crippen MR) is 96.4 cm³/mol. The molecule has 0 aliphatic heterocycles. The molecule has 3 rings (SSSR count). The number of rotatable bonds is 5. The van der Waals surface area contributed by atoms with E-state index < -0.39 is 0 Å². The van der Waals surface area contributed by atoms with Crippen molar-refractivity contribution >= 4 is 34.8 Å². The molecule has 0 unspecified atom stereocenters. The van der Waals surface area contributed by atoms with Crippen molar-refractivity contribution in [1.29, 1.82) is 0 Å². The number of amides is 2. The van der Waals surface area contributed by atoms with Crippen LogP contribution in [-0.2, 0) is 16.0 Å². The Balaban J connectivity index is 1.76. The zero-order valence-corrected chi connectivity index (χ0v) is 14.2. The quantitative estimate of drug-likeness (QED) is 0.891. The Morgan fingerprint density at radius 2 is 1.79 bits per heavy atom. The number of benzene rings is 2. The molecule has 0 bridgehead atoms. The average molecular weight is 343 g/mol. The molecule has 2 amide bonds. The van der Waals surface area contributed by atoms with Crippen molar-refractivity contribution in [2.24, 2.45) is 0 Å². The topological polar surface area (TPSA) is 49.4 Å². The SMILES string of the molecule is CC(=O)N(c1ccccc1NC(=O)Cc1ccc(Cl)cc1)C1CC1. The van der Waals surface area contributed by atoms with Gasteiger partial charge in [0.25, 0.3) is 0 Å². The predicted octanol–water partition coefficient (Wildman–Crippen LogP) is 4.04. The number of anilines is 2. The first kappa shape index (κ1) is 16.5. The highest BCUT2D eigenvalue weighted by molar-refractivity contribution is 6.30. The van der Waals surface area contributed by atoms with E-state index in [1.54, 1.807) is 24.0 Å².